The molecule has 1 amide bonds. The van der Waals surface area contributed by atoms with Crippen molar-refractivity contribution in [3.8, 4) is 5.75 Å². The molecule has 2 aromatic carbocycles. The Morgan fingerprint density at radius 2 is 2.00 bits per heavy atom. The molecule has 0 atom stereocenters. The molecule has 0 saturated carbocycles. The van der Waals surface area contributed by atoms with E-state index in [0.717, 1.165) is 5.56 Å². The Kier molecular flexibility index (Phi) is 4.73. The number of hydrogen-bond acceptors (Lipinski definition) is 4. The first-order valence-electron chi connectivity index (χ1n) is 6.70. The van der Waals surface area contributed by atoms with Gasteiger partial charge in [-0.1, -0.05) is 12.1 Å². The number of nitro benzene ring substituents is 1. The first kappa shape index (κ1) is 15.5. The molecule has 0 bridgehead atoms. The van der Waals surface area contributed by atoms with Crippen LogP contribution in [0.3, 0.4) is 0 Å². The molecule has 0 spiro atoms. The lowest BCUT2D eigenvalue weighted by molar-refractivity contribution is -0.385. The Labute approximate surface area is 127 Å². The molecule has 22 heavy (non-hydrogen) atoms. The minimum Gasteiger partial charge on any atom is -0.484 e. The van der Waals surface area contributed by atoms with Crippen molar-refractivity contribution in [3.63, 3.8) is 0 Å². The third-order valence-corrected chi connectivity index (χ3v) is 3.04. The summed E-state index contributed by atoms with van der Waals surface area (Å²) < 4.78 is 5.35. The molecule has 0 aliphatic rings. The van der Waals surface area contributed by atoms with Crippen molar-refractivity contribution in [1.82, 2.24) is 0 Å². The van der Waals surface area contributed by atoms with Crippen LogP contribution in [0.25, 0.3) is 0 Å². The summed E-state index contributed by atoms with van der Waals surface area (Å²) in [5.74, 6) is 0.129. The maximum atomic E-state index is 11.8. The number of amides is 1. The van der Waals surface area contributed by atoms with Gasteiger partial charge in [-0.2, -0.15) is 0 Å². The van der Waals surface area contributed by atoms with Crippen molar-refractivity contribution in [2.24, 2.45) is 0 Å². The normalized spacial score (nSPS) is 10.1. The second kappa shape index (κ2) is 6.71. The highest BCUT2D eigenvalue weighted by Crippen LogP contribution is 2.23. The monoisotopic (exact) mass is 300 g/mol. The number of anilines is 1. The van der Waals surface area contributed by atoms with Crippen LogP contribution in [0.2, 0.25) is 0 Å². The van der Waals surface area contributed by atoms with E-state index >= 15 is 0 Å². The molecule has 114 valence electrons. The summed E-state index contributed by atoms with van der Waals surface area (Å²) in [5.41, 5.74) is 2.26. The van der Waals surface area contributed by atoms with Gasteiger partial charge in [-0.15, -0.1) is 0 Å². The standard InChI is InChI=1S/C16H16N2O4/c1-11-4-3-5-13(8-11)17-16(19)10-22-14-6-7-15(18(20)21)12(2)9-14/h3-9H,10H2,1-2H3,(H,17,19). The maximum absolute atomic E-state index is 11.8. The highest BCUT2D eigenvalue weighted by molar-refractivity contribution is 5.91. The van der Waals surface area contributed by atoms with Crippen molar-refractivity contribution < 1.29 is 14.5 Å². The van der Waals surface area contributed by atoms with Gasteiger partial charge in [-0.25, -0.2) is 0 Å². The largest absolute Gasteiger partial charge is 0.484 e. The van der Waals surface area contributed by atoms with Crippen LogP contribution in [0, 0.1) is 24.0 Å². The lowest BCUT2D eigenvalue weighted by Gasteiger charge is -2.08. The molecule has 0 aromatic heterocycles. The van der Waals surface area contributed by atoms with E-state index in [1.807, 2.05) is 25.1 Å². The minimum absolute atomic E-state index is 0.0246. The molecule has 0 unspecified atom stereocenters. The fourth-order valence-electron chi connectivity index (χ4n) is 1.99. The Bertz CT molecular complexity index is 713. The molecule has 0 radical (unpaired) electrons. The molecule has 0 saturated heterocycles. The van der Waals surface area contributed by atoms with Gasteiger partial charge in [-0.3, -0.25) is 14.9 Å². The first-order chi connectivity index (χ1) is 10.5. The van der Waals surface area contributed by atoms with Crippen LogP contribution < -0.4 is 10.1 Å². The van der Waals surface area contributed by atoms with Gasteiger partial charge in [-0.05, 0) is 43.7 Å². The van der Waals surface area contributed by atoms with E-state index < -0.39 is 4.92 Å². The molecule has 0 aliphatic heterocycles. The third-order valence-electron chi connectivity index (χ3n) is 3.04. The number of aryl methyl sites for hydroxylation is 2. The number of nitro groups is 1. The smallest absolute Gasteiger partial charge is 0.272 e. The first-order valence-corrected chi connectivity index (χ1v) is 6.70. The predicted molar refractivity (Wildman–Crippen MR) is 83.1 cm³/mol. The van der Waals surface area contributed by atoms with Gasteiger partial charge in [0.25, 0.3) is 11.6 Å². The second-order valence-corrected chi connectivity index (χ2v) is 4.91. The summed E-state index contributed by atoms with van der Waals surface area (Å²) in [4.78, 5) is 22.1. The van der Waals surface area contributed by atoms with Gasteiger partial charge in [0.2, 0.25) is 0 Å². The van der Waals surface area contributed by atoms with Crippen LogP contribution in [0.15, 0.2) is 42.5 Å². The van der Waals surface area contributed by atoms with Crippen molar-refractivity contribution in [2.45, 2.75) is 13.8 Å². The topological polar surface area (TPSA) is 81.5 Å². The molecule has 0 fully saturated rings. The fourth-order valence-corrected chi connectivity index (χ4v) is 1.99. The molecular formula is C16H16N2O4. The van der Waals surface area contributed by atoms with Gasteiger partial charge in [0, 0.05) is 17.3 Å². The van der Waals surface area contributed by atoms with E-state index in [9.17, 15) is 14.9 Å². The van der Waals surface area contributed by atoms with Gasteiger partial charge < -0.3 is 10.1 Å². The van der Waals surface area contributed by atoms with Crippen LogP contribution >= 0.6 is 0 Å². The number of carbonyl (C=O) groups excluding carboxylic acids is 1. The van der Waals surface area contributed by atoms with E-state index in [0.29, 0.717) is 17.0 Å². The Hall–Kier alpha value is -2.89. The van der Waals surface area contributed by atoms with Gasteiger partial charge >= 0.3 is 0 Å². The van der Waals surface area contributed by atoms with E-state index in [4.69, 9.17) is 4.74 Å². The minimum atomic E-state index is -0.455. The number of ether oxygens (including phenoxy) is 1. The molecule has 6 nitrogen and oxygen atoms in total. The van der Waals surface area contributed by atoms with Crippen LogP contribution in [0.1, 0.15) is 11.1 Å². The summed E-state index contributed by atoms with van der Waals surface area (Å²) >= 11 is 0. The Morgan fingerprint density at radius 1 is 1.23 bits per heavy atom. The van der Waals surface area contributed by atoms with Crippen LogP contribution in [0.5, 0.6) is 5.75 Å². The third kappa shape index (κ3) is 4.05. The SMILES string of the molecule is Cc1cccc(NC(=O)COc2ccc([N+](=O)[O-])c(C)c2)c1. The molecule has 2 rings (SSSR count). The zero-order valence-corrected chi connectivity index (χ0v) is 12.3. The number of nitrogens with one attached hydrogen (secondary N) is 1. The predicted octanol–water partition coefficient (Wildman–Crippen LogP) is 3.23. The highest BCUT2D eigenvalue weighted by Gasteiger charge is 2.11. The molecule has 2 aromatic rings. The maximum Gasteiger partial charge on any atom is 0.272 e. The zero-order chi connectivity index (χ0) is 16.1. The van der Waals surface area contributed by atoms with E-state index in [1.165, 1.54) is 18.2 Å². The summed E-state index contributed by atoms with van der Waals surface area (Å²) in [6.07, 6.45) is 0. The molecule has 6 heteroatoms. The molecule has 0 aliphatic carbocycles. The Morgan fingerprint density at radius 3 is 2.64 bits per heavy atom. The molecular weight excluding hydrogens is 284 g/mol. The summed E-state index contributed by atoms with van der Waals surface area (Å²) in [5, 5.41) is 13.5. The number of rotatable bonds is 5. The number of nitrogens with zero attached hydrogens (tertiary/aromatic N) is 1. The van der Waals surface area contributed by atoms with Crippen LogP contribution in [-0.2, 0) is 4.79 Å². The molecule has 1 N–H and O–H groups in total. The number of hydrogen-bond donors (Lipinski definition) is 1. The van der Waals surface area contributed by atoms with Crippen molar-refractivity contribution in [2.75, 3.05) is 11.9 Å². The van der Waals surface area contributed by atoms with Gasteiger partial charge in [0.1, 0.15) is 5.75 Å². The quantitative estimate of drug-likeness (QED) is 0.679. The summed E-state index contributed by atoms with van der Waals surface area (Å²) in [7, 11) is 0. The number of benzene rings is 2. The van der Waals surface area contributed by atoms with Gasteiger partial charge in [0.05, 0.1) is 4.92 Å². The van der Waals surface area contributed by atoms with Crippen LogP contribution in [0.4, 0.5) is 11.4 Å². The number of carbonyl (C=O) groups is 1. The van der Waals surface area contributed by atoms with Crippen molar-refractivity contribution in [3.05, 3.63) is 63.7 Å². The summed E-state index contributed by atoms with van der Waals surface area (Å²) in [6, 6.07) is 11.8. The average molecular weight is 300 g/mol. The van der Waals surface area contributed by atoms with Crippen molar-refractivity contribution in [1.29, 1.82) is 0 Å². The fraction of sp³-hybridized carbons (Fsp3) is 0.188. The van der Waals surface area contributed by atoms with Crippen LogP contribution in [-0.4, -0.2) is 17.4 Å². The lowest BCUT2D eigenvalue weighted by Crippen LogP contribution is -2.20. The highest BCUT2D eigenvalue weighted by atomic mass is 16.6. The van der Waals surface area contributed by atoms with E-state index in [1.54, 1.807) is 13.0 Å². The summed E-state index contributed by atoms with van der Waals surface area (Å²) in [6.45, 7) is 3.40. The Balaban J connectivity index is 1.94. The zero-order valence-electron chi connectivity index (χ0n) is 12.3. The average Bonchev–Trinajstić information content (AvgIpc) is 2.45. The van der Waals surface area contributed by atoms with Gasteiger partial charge in [0.15, 0.2) is 6.61 Å². The lowest BCUT2D eigenvalue weighted by atomic mass is 10.2. The molecule has 0 heterocycles. The van der Waals surface area contributed by atoms with E-state index in [-0.39, 0.29) is 18.2 Å². The van der Waals surface area contributed by atoms with E-state index in [2.05, 4.69) is 5.32 Å². The second-order valence-electron chi connectivity index (χ2n) is 4.91. The van der Waals surface area contributed by atoms with Crippen molar-refractivity contribution >= 4 is 17.3 Å².